The highest BCUT2D eigenvalue weighted by atomic mass is 79.9. The van der Waals surface area contributed by atoms with E-state index in [2.05, 4.69) is 31.4 Å². The number of aromatic nitrogens is 2. The van der Waals surface area contributed by atoms with E-state index in [1.165, 1.54) is 12.1 Å². The van der Waals surface area contributed by atoms with Gasteiger partial charge in [0, 0.05) is 23.1 Å². The highest BCUT2D eigenvalue weighted by Gasteiger charge is 2.33. The molecule has 1 aromatic heterocycles. The topological polar surface area (TPSA) is 60.2 Å². The minimum absolute atomic E-state index is 0.162. The molecule has 0 saturated carbocycles. The monoisotopic (exact) mass is 341 g/mol. The summed E-state index contributed by atoms with van der Waals surface area (Å²) < 4.78 is 24.5. The van der Waals surface area contributed by atoms with Crippen LogP contribution in [0.1, 0.15) is 12.8 Å². The van der Waals surface area contributed by atoms with E-state index in [1.54, 1.807) is 6.07 Å². The first-order valence-corrected chi connectivity index (χ1v) is 6.98. The summed E-state index contributed by atoms with van der Waals surface area (Å²) >= 11 is 3.28. The second-order valence-electron chi connectivity index (χ2n) is 4.98. The van der Waals surface area contributed by atoms with Gasteiger partial charge < -0.3 is 14.6 Å². The summed E-state index contributed by atoms with van der Waals surface area (Å²) in [5.74, 6) is 0.495. The van der Waals surface area contributed by atoms with Crippen molar-refractivity contribution in [2.45, 2.75) is 19.1 Å². The van der Waals surface area contributed by atoms with Gasteiger partial charge in [-0.25, -0.2) is 4.39 Å². The van der Waals surface area contributed by atoms with Crippen molar-refractivity contribution in [3.8, 4) is 11.4 Å². The second-order valence-corrected chi connectivity index (χ2v) is 5.83. The number of hydrogen-bond donors (Lipinski definition) is 1. The molecule has 1 fully saturated rings. The zero-order valence-electron chi connectivity index (χ0n) is 10.8. The van der Waals surface area contributed by atoms with Crippen LogP contribution in [0.3, 0.4) is 0 Å². The van der Waals surface area contributed by atoms with Crippen LogP contribution in [-0.2, 0) is 11.3 Å². The Morgan fingerprint density at radius 3 is 2.95 bits per heavy atom. The average Bonchev–Trinajstić information content (AvgIpc) is 2.82. The van der Waals surface area contributed by atoms with E-state index in [0.717, 1.165) is 13.1 Å². The molecule has 3 rings (SSSR count). The molecule has 106 valence electrons. The summed E-state index contributed by atoms with van der Waals surface area (Å²) in [5.41, 5.74) is 0.517. The van der Waals surface area contributed by atoms with Crippen molar-refractivity contribution in [2.24, 2.45) is 0 Å². The molecule has 0 unspecified atom stereocenters. The smallest absolute Gasteiger partial charge is 0.252 e. The summed E-state index contributed by atoms with van der Waals surface area (Å²) in [6, 6.07) is 4.32. The molecule has 1 N–H and O–H groups in total. The molecule has 0 amide bonds. The normalized spacial score (nSPS) is 16.9. The van der Waals surface area contributed by atoms with E-state index in [1.807, 2.05) is 6.92 Å². The zero-order valence-corrected chi connectivity index (χ0v) is 12.4. The molecule has 7 heteroatoms. The van der Waals surface area contributed by atoms with Crippen molar-refractivity contribution in [3.63, 3.8) is 0 Å². The van der Waals surface area contributed by atoms with Crippen LogP contribution >= 0.6 is 15.9 Å². The minimum Gasteiger partial charge on any atom is -0.363 e. The zero-order chi connectivity index (χ0) is 14.2. The van der Waals surface area contributed by atoms with Crippen LogP contribution in [0, 0.1) is 5.82 Å². The predicted octanol–water partition coefficient (Wildman–Crippen LogP) is 2.52. The molecule has 0 aliphatic carbocycles. The van der Waals surface area contributed by atoms with Gasteiger partial charge in [-0.1, -0.05) is 5.16 Å². The van der Waals surface area contributed by atoms with Crippen LogP contribution in [0.2, 0.25) is 0 Å². The lowest BCUT2D eigenvalue weighted by Gasteiger charge is -2.38. The van der Waals surface area contributed by atoms with Crippen molar-refractivity contribution in [1.82, 2.24) is 15.5 Å². The van der Waals surface area contributed by atoms with Gasteiger partial charge >= 0.3 is 0 Å². The maximum absolute atomic E-state index is 13.0. The number of nitrogens with zero attached hydrogens (tertiary/aromatic N) is 2. The predicted molar refractivity (Wildman–Crippen MR) is 73.5 cm³/mol. The Hall–Kier alpha value is -1.31. The quantitative estimate of drug-likeness (QED) is 0.925. The Morgan fingerprint density at radius 2 is 2.30 bits per heavy atom. The van der Waals surface area contributed by atoms with Gasteiger partial charge in [-0.2, -0.15) is 4.98 Å². The summed E-state index contributed by atoms with van der Waals surface area (Å²) in [6.07, 6.45) is 0. The van der Waals surface area contributed by atoms with E-state index in [0.29, 0.717) is 21.8 Å². The Kier molecular flexibility index (Phi) is 3.57. The Labute approximate surface area is 123 Å². The summed E-state index contributed by atoms with van der Waals surface area (Å²) in [5, 5.41) is 7.04. The molecule has 2 aromatic rings. The molecule has 2 heterocycles. The summed E-state index contributed by atoms with van der Waals surface area (Å²) in [6.45, 7) is 3.93. The molecule has 1 aliphatic rings. The van der Waals surface area contributed by atoms with E-state index in [9.17, 15) is 4.39 Å². The third-order valence-electron chi connectivity index (χ3n) is 3.18. The molecule has 0 radical (unpaired) electrons. The number of benzene rings is 1. The van der Waals surface area contributed by atoms with Crippen LogP contribution < -0.4 is 5.32 Å². The minimum atomic E-state index is -0.321. The van der Waals surface area contributed by atoms with Crippen molar-refractivity contribution in [3.05, 3.63) is 34.4 Å². The van der Waals surface area contributed by atoms with Gasteiger partial charge in [-0.3, -0.25) is 0 Å². The van der Waals surface area contributed by atoms with Crippen molar-refractivity contribution in [2.75, 3.05) is 13.1 Å². The largest absolute Gasteiger partial charge is 0.363 e. The van der Waals surface area contributed by atoms with Crippen molar-refractivity contribution >= 4 is 15.9 Å². The lowest BCUT2D eigenvalue weighted by Crippen LogP contribution is -2.58. The van der Waals surface area contributed by atoms with Gasteiger partial charge in [0.15, 0.2) is 0 Å². The summed E-state index contributed by atoms with van der Waals surface area (Å²) in [7, 11) is 0. The molecular weight excluding hydrogens is 329 g/mol. The molecule has 1 aromatic carbocycles. The molecule has 5 nitrogen and oxygen atoms in total. The van der Waals surface area contributed by atoms with Gasteiger partial charge in [-0.15, -0.1) is 0 Å². The first kappa shape index (κ1) is 13.7. The maximum atomic E-state index is 13.0. The number of hydrogen-bond acceptors (Lipinski definition) is 5. The average molecular weight is 342 g/mol. The maximum Gasteiger partial charge on any atom is 0.252 e. The third-order valence-corrected chi connectivity index (χ3v) is 3.84. The number of nitrogens with one attached hydrogen (secondary N) is 1. The van der Waals surface area contributed by atoms with Crippen molar-refractivity contribution < 1.29 is 13.7 Å². The fourth-order valence-electron chi connectivity index (χ4n) is 1.91. The fourth-order valence-corrected chi connectivity index (χ4v) is 2.44. The van der Waals surface area contributed by atoms with Gasteiger partial charge in [0.1, 0.15) is 12.4 Å². The molecule has 0 atom stereocenters. The first-order chi connectivity index (χ1) is 9.56. The van der Waals surface area contributed by atoms with E-state index in [-0.39, 0.29) is 18.0 Å². The Morgan fingerprint density at radius 1 is 1.50 bits per heavy atom. The standard InChI is InChI=1S/C13H13BrFN3O2/c1-13(6-16-7-13)19-5-11-17-12(18-20-11)9-3-2-8(15)4-10(9)14/h2-4,16H,5-7H2,1H3. The van der Waals surface area contributed by atoms with Gasteiger partial charge in [0.25, 0.3) is 5.89 Å². The molecule has 0 bridgehead atoms. The highest BCUT2D eigenvalue weighted by molar-refractivity contribution is 9.10. The fraction of sp³-hybridized carbons (Fsp3) is 0.385. The number of halogens is 2. The number of rotatable bonds is 4. The van der Waals surface area contributed by atoms with Gasteiger partial charge in [0.05, 0.1) is 5.60 Å². The van der Waals surface area contributed by atoms with Gasteiger partial charge in [0.2, 0.25) is 5.82 Å². The van der Waals surface area contributed by atoms with Crippen LogP contribution in [0.25, 0.3) is 11.4 Å². The lowest BCUT2D eigenvalue weighted by atomic mass is 10.0. The van der Waals surface area contributed by atoms with Crippen LogP contribution in [0.5, 0.6) is 0 Å². The molecule has 20 heavy (non-hydrogen) atoms. The van der Waals surface area contributed by atoms with Crippen LogP contribution in [-0.4, -0.2) is 28.8 Å². The van der Waals surface area contributed by atoms with Crippen LogP contribution in [0.4, 0.5) is 4.39 Å². The SMILES string of the molecule is CC1(OCc2nc(-c3ccc(F)cc3Br)no2)CNC1. The second kappa shape index (κ2) is 5.23. The molecule has 0 spiro atoms. The highest BCUT2D eigenvalue weighted by Crippen LogP contribution is 2.27. The lowest BCUT2D eigenvalue weighted by molar-refractivity contribution is -0.0841. The van der Waals surface area contributed by atoms with E-state index < -0.39 is 0 Å². The Bertz CT molecular complexity index is 628. The number of ether oxygens (including phenoxy) is 1. The summed E-state index contributed by atoms with van der Waals surface area (Å²) in [4.78, 5) is 4.26. The van der Waals surface area contributed by atoms with Crippen molar-refractivity contribution in [1.29, 1.82) is 0 Å². The molecule has 1 saturated heterocycles. The van der Waals surface area contributed by atoms with Gasteiger partial charge in [-0.05, 0) is 41.1 Å². The first-order valence-electron chi connectivity index (χ1n) is 6.18. The van der Waals surface area contributed by atoms with E-state index in [4.69, 9.17) is 9.26 Å². The van der Waals surface area contributed by atoms with E-state index >= 15 is 0 Å². The Balaban J connectivity index is 1.72. The van der Waals surface area contributed by atoms with Crippen LogP contribution in [0.15, 0.2) is 27.2 Å². The molecular formula is C13H13BrFN3O2. The molecule has 1 aliphatic heterocycles. The third kappa shape index (κ3) is 2.74.